The molecule has 4 heteroatoms. The molecule has 1 aliphatic heterocycles. The molecule has 2 aliphatic rings. The van der Waals surface area contributed by atoms with Crippen LogP contribution >= 0.6 is 9.03 Å². The number of hydrogen-bond acceptors (Lipinski definition) is 3. The van der Waals surface area contributed by atoms with Gasteiger partial charge in [0.1, 0.15) is 0 Å². The van der Waals surface area contributed by atoms with Crippen molar-refractivity contribution in [2.45, 2.75) is 94.1 Å². The van der Waals surface area contributed by atoms with Gasteiger partial charge in [-0.05, 0) is 70.3 Å². The fraction of sp³-hybridized carbons (Fsp3) is 0.692. The molecule has 0 saturated carbocycles. The second-order valence-electron chi connectivity index (χ2n) is 8.49. The SMILES string of the molecule is C#C.CC.CC(C)=C(C)/C=C/C1=C(C)CCCC1(C)C.CC(CCO)C1COPO1. The average molecular weight is 439 g/mol. The largest absolute Gasteiger partial charge is 0.396 e. The van der Waals surface area contributed by atoms with Crippen molar-refractivity contribution in [3.63, 3.8) is 0 Å². The molecule has 3 nitrogen and oxygen atoms in total. The zero-order valence-corrected chi connectivity index (χ0v) is 22.0. The fourth-order valence-corrected chi connectivity index (χ4v) is 4.03. The molecule has 3 unspecified atom stereocenters. The van der Waals surface area contributed by atoms with Gasteiger partial charge in [-0.2, -0.15) is 0 Å². The minimum Gasteiger partial charge on any atom is -0.396 e. The van der Waals surface area contributed by atoms with Crippen molar-refractivity contribution in [3.8, 4) is 12.8 Å². The highest BCUT2D eigenvalue weighted by molar-refractivity contribution is 7.26. The Kier molecular flexibility index (Phi) is 18.5. The van der Waals surface area contributed by atoms with Crippen molar-refractivity contribution >= 4 is 9.03 Å². The van der Waals surface area contributed by atoms with E-state index in [0.717, 1.165) is 6.42 Å². The van der Waals surface area contributed by atoms with E-state index in [1.165, 1.54) is 30.4 Å². The van der Waals surface area contributed by atoms with Gasteiger partial charge in [-0.25, -0.2) is 0 Å². The molecular weight excluding hydrogens is 391 g/mol. The maximum absolute atomic E-state index is 8.60. The van der Waals surface area contributed by atoms with E-state index in [4.69, 9.17) is 14.2 Å². The van der Waals surface area contributed by atoms with Gasteiger partial charge in [0, 0.05) is 6.61 Å². The standard InChI is InChI=1S/C16H26.C6H13O3P.C2H6.C2H2/c1-12(2)13(3)9-10-15-14(4)8-7-11-16(15,5)6;1-5(2-3-7)6-4-8-10-9-6;2*1-2/h9-10H,7-8,11H2,1-6H3;5-7,10H,2-4H2,1H3;1-2H3;1-2H/b10-9+;;;. The highest BCUT2D eigenvalue weighted by Crippen LogP contribution is 2.40. The molecule has 0 aromatic heterocycles. The molecule has 1 aliphatic carbocycles. The minimum absolute atomic E-state index is 0.205. The lowest BCUT2D eigenvalue weighted by Crippen LogP contribution is -2.20. The van der Waals surface area contributed by atoms with Gasteiger partial charge in [-0.1, -0.05) is 63.5 Å². The maximum Gasteiger partial charge on any atom is 0.155 e. The Morgan fingerprint density at radius 2 is 1.87 bits per heavy atom. The van der Waals surface area contributed by atoms with Crippen molar-refractivity contribution < 1.29 is 14.2 Å². The van der Waals surface area contributed by atoms with E-state index in [0.29, 0.717) is 17.9 Å². The molecule has 0 amide bonds. The summed E-state index contributed by atoms with van der Waals surface area (Å²) in [5, 5.41) is 8.60. The number of terminal acetylenes is 1. The first kappa shape index (κ1) is 31.3. The molecule has 0 radical (unpaired) electrons. The lowest BCUT2D eigenvalue weighted by atomic mass is 9.72. The highest BCUT2D eigenvalue weighted by atomic mass is 31.1. The van der Waals surface area contributed by atoms with E-state index in [2.05, 4.69) is 73.5 Å². The van der Waals surface area contributed by atoms with Crippen molar-refractivity contribution in [3.05, 3.63) is 34.4 Å². The summed E-state index contributed by atoms with van der Waals surface area (Å²) in [6.45, 7) is 20.6. The van der Waals surface area contributed by atoms with Crippen molar-refractivity contribution in [2.24, 2.45) is 11.3 Å². The summed E-state index contributed by atoms with van der Waals surface area (Å²) in [6.07, 6.45) is 17.6. The molecule has 3 atom stereocenters. The normalized spacial score (nSPS) is 21.5. The summed E-state index contributed by atoms with van der Waals surface area (Å²) in [4.78, 5) is 0. The first-order valence-electron chi connectivity index (χ1n) is 11.2. The predicted molar refractivity (Wildman–Crippen MR) is 135 cm³/mol. The smallest absolute Gasteiger partial charge is 0.155 e. The summed E-state index contributed by atoms with van der Waals surface area (Å²) in [7, 11) is 0.205. The van der Waals surface area contributed by atoms with Crippen LogP contribution in [0.1, 0.15) is 88.0 Å². The second kappa shape index (κ2) is 17.7. The molecule has 1 heterocycles. The third-order valence-corrected chi connectivity index (χ3v) is 6.24. The third kappa shape index (κ3) is 12.1. The molecule has 1 N–H and O–H groups in total. The number of aliphatic hydroxyl groups is 1. The molecule has 1 saturated heterocycles. The van der Waals surface area contributed by atoms with Gasteiger partial charge in [-0.15, -0.1) is 12.8 Å². The lowest BCUT2D eigenvalue weighted by Gasteiger charge is -2.33. The summed E-state index contributed by atoms with van der Waals surface area (Å²) >= 11 is 0. The van der Waals surface area contributed by atoms with E-state index in [1.54, 1.807) is 11.1 Å². The van der Waals surface area contributed by atoms with Gasteiger partial charge in [-0.3, -0.25) is 0 Å². The van der Waals surface area contributed by atoms with Crippen LogP contribution in [0.25, 0.3) is 0 Å². The highest BCUT2D eigenvalue weighted by Gasteiger charge is 2.26. The van der Waals surface area contributed by atoms with Crippen LogP contribution < -0.4 is 0 Å². The van der Waals surface area contributed by atoms with Crippen molar-refractivity contribution in [1.29, 1.82) is 0 Å². The average Bonchev–Trinajstić information content (AvgIpc) is 3.26. The van der Waals surface area contributed by atoms with Gasteiger partial charge in [0.15, 0.2) is 9.03 Å². The van der Waals surface area contributed by atoms with E-state index >= 15 is 0 Å². The van der Waals surface area contributed by atoms with Crippen LogP contribution in [0.5, 0.6) is 0 Å². The van der Waals surface area contributed by atoms with Crippen LogP contribution in [0, 0.1) is 24.2 Å². The molecule has 1 fully saturated rings. The first-order valence-corrected chi connectivity index (χ1v) is 12.0. The Morgan fingerprint density at radius 1 is 1.27 bits per heavy atom. The number of aliphatic hydroxyl groups excluding tert-OH is 1. The first-order chi connectivity index (χ1) is 14.2. The van der Waals surface area contributed by atoms with Crippen LogP contribution in [-0.4, -0.2) is 24.4 Å². The van der Waals surface area contributed by atoms with Gasteiger partial charge in [0.2, 0.25) is 0 Å². The maximum atomic E-state index is 8.60. The van der Waals surface area contributed by atoms with Gasteiger partial charge in [0.05, 0.1) is 12.7 Å². The molecule has 0 aromatic carbocycles. The number of rotatable bonds is 5. The Balaban J connectivity index is 0. The quantitative estimate of drug-likeness (QED) is 0.272. The van der Waals surface area contributed by atoms with E-state index in [-0.39, 0.29) is 21.7 Å². The Hall–Kier alpha value is -0.910. The van der Waals surface area contributed by atoms with Crippen LogP contribution in [0.15, 0.2) is 34.4 Å². The van der Waals surface area contributed by atoms with Crippen LogP contribution in [0.4, 0.5) is 0 Å². The Labute approximate surface area is 189 Å². The summed E-state index contributed by atoms with van der Waals surface area (Å²) in [6, 6.07) is 0. The zero-order chi connectivity index (χ0) is 23.7. The topological polar surface area (TPSA) is 38.7 Å². The van der Waals surface area contributed by atoms with E-state index < -0.39 is 0 Å². The molecule has 0 bridgehead atoms. The number of hydrogen-bond donors (Lipinski definition) is 1. The fourth-order valence-electron chi connectivity index (χ4n) is 3.30. The Bertz CT molecular complexity index is 560. The van der Waals surface area contributed by atoms with Gasteiger partial charge >= 0.3 is 0 Å². The number of allylic oxidation sites excluding steroid dienone is 6. The summed E-state index contributed by atoms with van der Waals surface area (Å²) in [5.41, 5.74) is 6.29. The molecule has 0 aromatic rings. The van der Waals surface area contributed by atoms with Crippen molar-refractivity contribution in [1.82, 2.24) is 0 Å². The lowest BCUT2D eigenvalue weighted by molar-refractivity contribution is 0.145. The van der Waals surface area contributed by atoms with Gasteiger partial charge in [0.25, 0.3) is 0 Å². The van der Waals surface area contributed by atoms with Crippen LogP contribution in [-0.2, 0) is 9.05 Å². The van der Waals surface area contributed by atoms with E-state index in [1.807, 2.05) is 13.8 Å². The van der Waals surface area contributed by atoms with E-state index in [9.17, 15) is 0 Å². The van der Waals surface area contributed by atoms with Gasteiger partial charge < -0.3 is 14.2 Å². The van der Waals surface area contributed by atoms with Crippen LogP contribution in [0.3, 0.4) is 0 Å². The van der Waals surface area contributed by atoms with Crippen molar-refractivity contribution in [2.75, 3.05) is 13.2 Å². The third-order valence-electron chi connectivity index (χ3n) is 5.56. The Morgan fingerprint density at radius 3 is 2.30 bits per heavy atom. The second-order valence-corrected chi connectivity index (χ2v) is 9.18. The molecule has 0 spiro atoms. The summed E-state index contributed by atoms with van der Waals surface area (Å²) < 4.78 is 10.3. The minimum atomic E-state index is 0.205. The monoisotopic (exact) mass is 438 g/mol. The molecule has 2 rings (SSSR count). The molecule has 174 valence electrons. The predicted octanol–water partition coefficient (Wildman–Crippen LogP) is 7.63. The molecular formula is C26H47O3P. The van der Waals surface area contributed by atoms with Crippen LogP contribution in [0.2, 0.25) is 0 Å². The summed E-state index contributed by atoms with van der Waals surface area (Å²) in [5.74, 6) is 0.417. The zero-order valence-electron chi connectivity index (χ0n) is 21.0. The molecule has 30 heavy (non-hydrogen) atoms.